The third-order valence-corrected chi connectivity index (χ3v) is 2.40. The van der Waals surface area contributed by atoms with E-state index in [0.29, 0.717) is 0 Å². The maximum absolute atomic E-state index is 10.6. The molecule has 0 radical (unpaired) electrons. The Morgan fingerprint density at radius 2 is 1.93 bits per heavy atom. The van der Waals surface area contributed by atoms with Crippen molar-refractivity contribution in [2.45, 2.75) is 58.0 Å². The molecule has 2 unspecified atom stereocenters. The topological polar surface area (TPSA) is 55.8 Å². The fraction of sp³-hybridized carbons (Fsp3) is 0.900. The van der Waals surface area contributed by atoms with E-state index >= 15 is 0 Å². The van der Waals surface area contributed by atoms with Gasteiger partial charge in [-0.25, -0.2) is 4.79 Å². The highest BCUT2D eigenvalue weighted by Gasteiger charge is 2.27. The lowest BCUT2D eigenvalue weighted by Crippen LogP contribution is -2.37. The van der Waals surface area contributed by atoms with Crippen LogP contribution in [-0.2, 0) is 14.3 Å². The molecule has 1 aliphatic rings. The molecule has 0 spiro atoms. The number of aliphatic carboxylic acids is 1. The minimum Gasteiger partial charge on any atom is -0.479 e. The number of carboxylic acids is 1. The molecule has 1 N–H and O–H groups in total. The molecule has 1 heterocycles. The molecular formula is C10H18O4. The second-order valence-corrected chi connectivity index (χ2v) is 3.97. The average molecular weight is 202 g/mol. The number of hydrogen-bond acceptors (Lipinski definition) is 3. The highest BCUT2D eigenvalue weighted by atomic mass is 16.5. The van der Waals surface area contributed by atoms with Crippen molar-refractivity contribution in [2.75, 3.05) is 0 Å². The largest absolute Gasteiger partial charge is 0.479 e. The summed E-state index contributed by atoms with van der Waals surface area (Å²) in [5.74, 6) is -0.906. The van der Waals surface area contributed by atoms with Gasteiger partial charge in [0.15, 0.2) is 6.10 Å². The molecular weight excluding hydrogens is 184 g/mol. The average Bonchev–Trinajstić information content (AvgIpc) is 2.01. The monoisotopic (exact) mass is 202 g/mol. The van der Waals surface area contributed by atoms with Crippen LogP contribution < -0.4 is 0 Å². The maximum atomic E-state index is 10.6. The summed E-state index contributed by atoms with van der Waals surface area (Å²) in [4.78, 5) is 10.6. The SMILES string of the molecule is CC(OC1C[C@@H](C)O[C@@H](C)C1)C(=O)O. The Morgan fingerprint density at radius 1 is 1.43 bits per heavy atom. The van der Waals surface area contributed by atoms with Gasteiger partial charge in [-0.3, -0.25) is 0 Å². The zero-order chi connectivity index (χ0) is 10.7. The summed E-state index contributed by atoms with van der Waals surface area (Å²) < 4.78 is 10.9. The van der Waals surface area contributed by atoms with Crippen molar-refractivity contribution < 1.29 is 19.4 Å². The first kappa shape index (κ1) is 11.5. The Balaban J connectivity index is 2.40. The van der Waals surface area contributed by atoms with Gasteiger partial charge in [0.1, 0.15) is 0 Å². The summed E-state index contributed by atoms with van der Waals surface area (Å²) in [5.41, 5.74) is 0. The van der Waals surface area contributed by atoms with E-state index in [2.05, 4.69) is 0 Å². The molecule has 0 aromatic carbocycles. The van der Waals surface area contributed by atoms with Gasteiger partial charge in [-0.2, -0.15) is 0 Å². The predicted molar refractivity (Wildman–Crippen MR) is 51.2 cm³/mol. The van der Waals surface area contributed by atoms with Crippen molar-refractivity contribution in [1.82, 2.24) is 0 Å². The molecule has 0 aromatic heterocycles. The van der Waals surface area contributed by atoms with Crippen LogP contribution in [0.15, 0.2) is 0 Å². The second kappa shape index (κ2) is 4.75. The third-order valence-electron chi connectivity index (χ3n) is 2.40. The zero-order valence-corrected chi connectivity index (χ0v) is 8.90. The lowest BCUT2D eigenvalue weighted by molar-refractivity contribution is -0.162. The van der Waals surface area contributed by atoms with E-state index in [1.165, 1.54) is 0 Å². The van der Waals surface area contributed by atoms with Crippen LogP contribution in [0.1, 0.15) is 33.6 Å². The fourth-order valence-corrected chi connectivity index (χ4v) is 1.80. The van der Waals surface area contributed by atoms with Gasteiger partial charge in [0, 0.05) is 0 Å². The number of carbonyl (C=O) groups is 1. The van der Waals surface area contributed by atoms with Crippen LogP contribution in [-0.4, -0.2) is 35.5 Å². The highest BCUT2D eigenvalue weighted by molar-refractivity contribution is 5.71. The van der Waals surface area contributed by atoms with Crippen molar-refractivity contribution in [1.29, 1.82) is 0 Å². The van der Waals surface area contributed by atoms with Gasteiger partial charge in [-0.1, -0.05) is 0 Å². The van der Waals surface area contributed by atoms with Crippen molar-refractivity contribution in [3.05, 3.63) is 0 Å². The molecule has 0 aliphatic carbocycles. The fourth-order valence-electron chi connectivity index (χ4n) is 1.80. The molecule has 4 heteroatoms. The minimum absolute atomic E-state index is 0.0137. The first-order valence-electron chi connectivity index (χ1n) is 5.02. The van der Waals surface area contributed by atoms with Crippen LogP contribution in [0, 0.1) is 0 Å². The zero-order valence-electron chi connectivity index (χ0n) is 8.90. The lowest BCUT2D eigenvalue weighted by atomic mass is 10.0. The molecule has 0 bridgehead atoms. The molecule has 1 saturated heterocycles. The highest BCUT2D eigenvalue weighted by Crippen LogP contribution is 2.22. The Kier molecular flexibility index (Phi) is 3.89. The Morgan fingerprint density at radius 3 is 2.36 bits per heavy atom. The summed E-state index contributed by atoms with van der Waals surface area (Å²) >= 11 is 0. The molecule has 1 rings (SSSR count). The third kappa shape index (κ3) is 3.27. The van der Waals surface area contributed by atoms with E-state index in [0.717, 1.165) is 12.8 Å². The number of ether oxygens (including phenoxy) is 2. The summed E-state index contributed by atoms with van der Waals surface area (Å²) in [5, 5.41) is 8.69. The first-order chi connectivity index (χ1) is 6.49. The second-order valence-electron chi connectivity index (χ2n) is 3.97. The van der Waals surface area contributed by atoms with Gasteiger partial charge < -0.3 is 14.6 Å². The van der Waals surface area contributed by atoms with E-state index in [-0.39, 0.29) is 18.3 Å². The summed E-state index contributed by atoms with van der Waals surface area (Å²) in [6.07, 6.45) is 1.16. The van der Waals surface area contributed by atoms with Gasteiger partial charge in [-0.05, 0) is 33.6 Å². The first-order valence-corrected chi connectivity index (χ1v) is 5.02. The Labute approximate surface area is 84.2 Å². The number of rotatable bonds is 3. The number of hydrogen-bond donors (Lipinski definition) is 1. The van der Waals surface area contributed by atoms with Gasteiger partial charge in [0.05, 0.1) is 18.3 Å². The lowest BCUT2D eigenvalue weighted by Gasteiger charge is -2.32. The molecule has 14 heavy (non-hydrogen) atoms. The molecule has 4 nitrogen and oxygen atoms in total. The Bertz CT molecular complexity index is 194. The van der Waals surface area contributed by atoms with E-state index in [1.54, 1.807) is 6.92 Å². The molecule has 1 fully saturated rings. The summed E-state index contributed by atoms with van der Waals surface area (Å²) in [6, 6.07) is 0. The molecule has 1 aliphatic heterocycles. The summed E-state index contributed by atoms with van der Waals surface area (Å²) in [7, 11) is 0. The molecule has 0 saturated carbocycles. The van der Waals surface area contributed by atoms with E-state index in [1.807, 2.05) is 13.8 Å². The van der Waals surface area contributed by atoms with Crippen molar-refractivity contribution >= 4 is 5.97 Å². The molecule has 4 atom stereocenters. The van der Waals surface area contributed by atoms with Crippen LogP contribution in [0.25, 0.3) is 0 Å². The number of carboxylic acid groups (broad SMARTS) is 1. The van der Waals surface area contributed by atoms with Crippen LogP contribution in [0.5, 0.6) is 0 Å². The smallest absolute Gasteiger partial charge is 0.332 e. The van der Waals surface area contributed by atoms with E-state index < -0.39 is 12.1 Å². The predicted octanol–water partition coefficient (Wildman–Crippen LogP) is 1.43. The molecule has 82 valence electrons. The van der Waals surface area contributed by atoms with Crippen LogP contribution in [0.2, 0.25) is 0 Å². The normalized spacial score (nSPS) is 35.2. The van der Waals surface area contributed by atoms with Crippen LogP contribution >= 0.6 is 0 Å². The van der Waals surface area contributed by atoms with Gasteiger partial charge >= 0.3 is 5.97 Å². The van der Waals surface area contributed by atoms with Crippen molar-refractivity contribution in [2.24, 2.45) is 0 Å². The minimum atomic E-state index is -0.906. The van der Waals surface area contributed by atoms with Crippen LogP contribution in [0.3, 0.4) is 0 Å². The standard InChI is InChI=1S/C10H18O4/c1-6-4-9(5-7(2)13-6)14-8(3)10(11)12/h6-9H,4-5H2,1-3H3,(H,11,12)/t6-,7+,8?,9?. The van der Waals surface area contributed by atoms with Crippen molar-refractivity contribution in [3.8, 4) is 0 Å². The van der Waals surface area contributed by atoms with Gasteiger partial charge in [-0.15, -0.1) is 0 Å². The molecule has 0 amide bonds. The maximum Gasteiger partial charge on any atom is 0.332 e. The van der Waals surface area contributed by atoms with Gasteiger partial charge in [0.25, 0.3) is 0 Å². The quantitative estimate of drug-likeness (QED) is 0.752. The Hall–Kier alpha value is -0.610. The van der Waals surface area contributed by atoms with Crippen molar-refractivity contribution in [3.63, 3.8) is 0 Å². The molecule has 0 aromatic rings. The van der Waals surface area contributed by atoms with E-state index in [4.69, 9.17) is 14.6 Å². The van der Waals surface area contributed by atoms with Crippen LogP contribution in [0.4, 0.5) is 0 Å². The summed E-state index contributed by atoms with van der Waals surface area (Å²) in [6.45, 7) is 5.53. The van der Waals surface area contributed by atoms with Gasteiger partial charge in [0.2, 0.25) is 0 Å². The van der Waals surface area contributed by atoms with E-state index in [9.17, 15) is 4.79 Å².